The molecule has 0 amide bonds. The molecule has 0 aliphatic rings. The van der Waals surface area contributed by atoms with Crippen molar-refractivity contribution in [2.45, 2.75) is 251 Å². The number of carbonyl (C=O) groups excluding carboxylic acids is 2. The van der Waals surface area contributed by atoms with Crippen molar-refractivity contribution in [3.63, 3.8) is 0 Å². The minimum atomic E-state index is -4.40. The van der Waals surface area contributed by atoms with Gasteiger partial charge in [-0.2, -0.15) is 0 Å². The van der Waals surface area contributed by atoms with E-state index in [1.807, 2.05) is 21.1 Å². The Bertz CT molecular complexity index is 1650. The number of allylic oxidation sites excluding steroid dienone is 18. The lowest BCUT2D eigenvalue weighted by molar-refractivity contribution is -0.870. The Labute approximate surface area is 467 Å². The Balaban J connectivity index is 4.08. The van der Waals surface area contributed by atoms with Crippen LogP contribution < -0.4 is 0 Å². The monoisotopic (exact) mass is 1080 g/mol. The van der Waals surface area contributed by atoms with Crippen LogP contribution in [0.5, 0.6) is 0 Å². The lowest BCUT2D eigenvalue weighted by Crippen LogP contribution is -2.37. The second-order valence-corrected chi connectivity index (χ2v) is 22.8. The number of unbranched alkanes of at least 4 members (excludes halogenated alkanes) is 23. The first-order chi connectivity index (χ1) is 37.0. The molecule has 10 heteroatoms. The van der Waals surface area contributed by atoms with Gasteiger partial charge in [0.25, 0.3) is 0 Å². The van der Waals surface area contributed by atoms with Gasteiger partial charge in [-0.15, -0.1) is 0 Å². The van der Waals surface area contributed by atoms with Gasteiger partial charge < -0.3 is 18.9 Å². The Hall–Kier alpha value is -3.33. The molecule has 0 saturated heterocycles. The van der Waals surface area contributed by atoms with Gasteiger partial charge in [0.1, 0.15) is 19.8 Å². The molecule has 0 aliphatic carbocycles. The second kappa shape index (κ2) is 56.4. The molecule has 2 unspecified atom stereocenters. The van der Waals surface area contributed by atoms with Crippen molar-refractivity contribution < 1.29 is 42.1 Å². The van der Waals surface area contributed by atoms with E-state index in [0.29, 0.717) is 17.4 Å². The second-order valence-electron chi connectivity index (χ2n) is 21.3. The SMILES string of the molecule is CC/C=C\C/C=C\C/C=C\C/C=C\C/C=C\CCCCCC(=O)OC(COC(=O)CCCCCCCCCCCCCCCCCCCCCC/C=C\C/C=C\C/C=C\C/C=C\CC)COP(=O)(O)OCC[N+](C)(C)C. The number of likely N-dealkylation sites (N-methyl/N-ethyl adjacent to an activating group) is 1. The molecule has 0 radical (unpaired) electrons. The van der Waals surface area contributed by atoms with Crippen molar-refractivity contribution in [2.75, 3.05) is 47.5 Å². The van der Waals surface area contributed by atoms with Crippen LogP contribution in [0.15, 0.2) is 109 Å². The maximum absolute atomic E-state index is 12.8. The van der Waals surface area contributed by atoms with Crippen molar-refractivity contribution in [3.05, 3.63) is 109 Å². The lowest BCUT2D eigenvalue weighted by atomic mass is 10.0. The number of carbonyl (C=O) groups is 2. The highest BCUT2D eigenvalue weighted by molar-refractivity contribution is 7.47. The first-order valence-corrected chi connectivity index (χ1v) is 32.1. The average Bonchev–Trinajstić information content (AvgIpc) is 3.38. The Morgan fingerprint density at radius 3 is 1.07 bits per heavy atom. The van der Waals surface area contributed by atoms with E-state index in [-0.39, 0.29) is 32.0 Å². The van der Waals surface area contributed by atoms with Crippen LogP contribution in [0.3, 0.4) is 0 Å². The molecule has 0 heterocycles. The van der Waals surface area contributed by atoms with Crippen LogP contribution in [0.25, 0.3) is 0 Å². The minimum Gasteiger partial charge on any atom is -0.462 e. The third kappa shape index (κ3) is 59.9. The van der Waals surface area contributed by atoms with E-state index in [1.165, 1.54) is 116 Å². The summed E-state index contributed by atoms with van der Waals surface area (Å²) in [5, 5.41) is 0. The van der Waals surface area contributed by atoms with Gasteiger partial charge in [-0.3, -0.25) is 18.6 Å². The zero-order valence-corrected chi connectivity index (χ0v) is 50.3. The molecule has 0 rings (SSSR count). The molecule has 0 saturated carbocycles. The number of hydrogen-bond acceptors (Lipinski definition) is 7. The van der Waals surface area contributed by atoms with Gasteiger partial charge in [0.2, 0.25) is 0 Å². The van der Waals surface area contributed by atoms with E-state index in [0.717, 1.165) is 96.3 Å². The molecule has 0 aromatic heterocycles. The van der Waals surface area contributed by atoms with Crippen molar-refractivity contribution in [3.8, 4) is 0 Å². The normalized spacial score (nSPS) is 14.0. The molecule has 0 bridgehead atoms. The van der Waals surface area contributed by atoms with Crippen LogP contribution in [-0.4, -0.2) is 74.9 Å². The fourth-order valence-corrected chi connectivity index (χ4v) is 8.89. The lowest BCUT2D eigenvalue weighted by Gasteiger charge is -2.24. The van der Waals surface area contributed by atoms with Gasteiger partial charge in [-0.05, 0) is 96.3 Å². The summed E-state index contributed by atoms with van der Waals surface area (Å²) in [6, 6.07) is 0. The van der Waals surface area contributed by atoms with Crippen molar-refractivity contribution in [1.82, 2.24) is 0 Å². The summed E-state index contributed by atoms with van der Waals surface area (Å²) < 4.78 is 34.5. The van der Waals surface area contributed by atoms with Gasteiger partial charge in [0.15, 0.2) is 6.10 Å². The molecule has 1 N–H and O–H groups in total. The molecule has 2 atom stereocenters. The number of hydrogen-bond donors (Lipinski definition) is 1. The van der Waals surface area contributed by atoms with Gasteiger partial charge >= 0.3 is 19.8 Å². The number of phosphoric ester groups is 1. The van der Waals surface area contributed by atoms with E-state index in [9.17, 15) is 19.0 Å². The Morgan fingerprint density at radius 1 is 0.408 bits per heavy atom. The van der Waals surface area contributed by atoms with Gasteiger partial charge in [-0.25, -0.2) is 4.57 Å². The molecular weight excluding hydrogens is 966 g/mol. The number of rotatable bonds is 55. The smallest absolute Gasteiger partial charge is 0.462 e. The zero-order chi connectivity index (χ0) is 55.6. The molecule has 0 spiro atoms. The fraction of sp³-hybridized carbons (Fsp3) is 0.697. The topological polar surface area (TPSA) is 108 Å². The average molecular weight is 1080 g/mol. The molecule has 0 fully saturated rings. The van der Waals surface area contributed by atoms with Crippen LogP contribution in [-0.2, 0) is 32.7 Å². The van der Waals surface area contributed by atoms with Crippen LogP contribution in [0.1, 0.15) is 245 Å². The number of esters is 2. The maximum atomic E-state index is 12.8. The molecule has 0 aromatic carbocycles. The van der Waals surface area contributed by atoms with E-state index in [2.05, 4.69) is 123 Å². The van der Waals surface area contributed by atoms with Crippen LogP contribution in [0.4, 0.5) is 0 Å². The van der Waals surface area contributed by atoms with Crippen LogP contribution >= 0.6 is 7.82 Å². The molecule has 0 aromatic rings. The van der Waals surface area contributed by atoms with Gasteiger partial charge in [0, 0.05) is 12.8 Å². The largest absolute Gasteiger partial charge is 0.472 e. The van der Waals surface area contributed by atoms with E-state index >= 15 is 0 Å². The Morgan fingerprint density at radius 2 is 0.711 bits per heavy atom. The molecule has 76 heavy (non-hydrogen) atoms. The van der Waals surface area contributed by atoms with Gasteiger partial charge in [-0.1, -0.05) is 245 Å². The number of ether oxygens (including phenoxy) is 2. The van der Waals surface area contributed by atoms with Gasteiger partial charge in [0.05, 0.1) is 27.7 Å². The number of phosphoric acid groups is 1. The summed E-state index contributed by atoms with van der Waals surface area (Å²) in [6.45, 7) is 4.17. The highest BCUT2D eigenvalue weighted by atomic mass is 31.2. The summed E-state index contributed by atoms with van der Waals surface area (Å²) in [5.41, 5.74) is 0. The van der Waals surface area contributed by atoms with E-state index in [4.69, 9.17) is 18.5 Å². The first-order valence-electron chi connectivity index (χ1n) is 30.6. The quantitative estimate of drug-likeness (QED) is 0.0211. The summed E-state index contributed by atoms with van der Waals surface area (Å²) in [5.74, 6) is -0.835. The maximum Gasteiger partial charge on any atom is 0.472 e. The molecule has 0 aliphatic heterocycles. The van der Waals surface area contributed by atoms with Crippen LogP contribution in [0.2, 0.25) is 0 Å². The molecule has 9 nitrogen and oxygen atoms in total. The summed E-state index contributed by atoms with van der Waals surface area (Å²) in [7, 11) is 1.45. The highest BCUT2D eigenvalue weighted by Gasteiger charge is 2.27. The van der Waals surface area contributed by atoms with Crippen molar-refractivity contribution >= 4 is 19.8 Å². The summed E-state index contributed by atoms with van der Waals surface area (Å²) in [6.07, 6.45) is 78.9. The van der Waals surface area contributed by atoms with E-state index < -0.39 is 26.5 Å². The third-order valence-corrected chi connectivity index (χ3v) is 13.8. The van der Waals surface area contributed by atoms with E-state index in [1.54, 1.807) is 0 Å². The predicted octanol–water partition coefficient (Wildman–Crippen LogP) is 19.4. The van der Waals surface area contributed by atoms with Crippen molar-refractivity contribution in [2.24, 2.45) is 0 Å². The molecular formula is C66H115NO8P+. The molecule has 436 valence electrons. The summed E-state index contributed by atoms with van der Waals surface area (Å²) in [4.78, 5) is 35.7. The first kappa shape index (κ1) is 72.7. The van der Waals surface area contributed by atoms with Crippen LogP contribution in [0, 0.1) is 0 Å². The predicted molar refractivity (Wildman–Crippen MR) is 325 cm³/mol. The third-order valence-electron chi connectivity index (χ3n) is 12.8. The fourth-order valence-electron chi connectivity index (χ4n) is 8.15. The number of quaternary nitrogens is 1. The Kier molecular flexibility index (Phi) is 53.9. The standard InChI is InChI=1S/C66H114NO8P/c1-6-8-10-12-14-16-18-20-22-24-26-27-28-29-30-31-32-33-34-35-36-37-38-39-41-42-44-46-48-50-52-54-56-58-65(68)72-62-64(63-74-76(70,71)73-61-60-67(3,4)5)75-66(69)59-57-55-53-51-49-47-45-43-40-25-23-21-19-17-15-13-11-9-7-2/h8-11,14-17,20-23,26-27,40,43,47,49,64H,6-7,12-13,18-19,24-25,28-39,41-42,44-46,48,50-63H2,1-5H3/p+1/b10-8-,11-9-,16-14-,17-15-,22-20-,23-21-,27-26-,43-40-,49-47-. The number of nitrogens with zero attached hydrogens (tertiary/aromatic N) is 1. The van der Waals surface area contributed by atoms with Crippen molar-refractivity contribution in [1.29, 1.82) is 0 Å². The summed E-state index contributed by atoms with van der Waals surface area (Å²) >= 11 is 0. The zero-order valence-electron chi connectivity index (χ0n) is 49.5. The highest BCUT2D eigenvalue weighted by Crippen LogP contribution is 2.43. The minimum absolute atomic E-state index is 0.0209.